The third-order valence-corrected chi connectivity index (χ3v) is 3.38. The summed E-state index contributed by atoms with van der Waals surface area (Å²) < 4.78 is 1.95. The van der Waals surface area contributed by atoms with E-state index in [-0.39, 0.29) is 0 Å². The van der Waals surface area contributed by atoms with Gasteiger partial charge in [0.25, 0.3) is 0 Å². The van der Waals surface area contributed by atoms with Crippen LogP contribution in [0.1, 0.15) is 0 Å². The van der Waals surface area contributed by atoms with E-state index in [1.54, 1.807) is 11.8 Å². The largest absolute Gasteiger partial charge is 0.355 e. The zero-order chi connectivity index (χ0) is 10.8. The zero-order valence-electron chi connectivity index (χ0n) is 8.58. The summed E-state index contributed by atoms with van der Waals surface area (Å²) in [5, 5.41) is 8.50. The number of nitrogens with zero attached hydrogens (tertiary/aromatic N) is 3. The van der Waals surface area contributed by atoms with E-state index in [2.05, 4.69) is 22.4 Å². The Hall–Kier alpha value is -1.68. The quantitative estimate of drug-likeness (QED) is 0.679. The first kappa shape index (κ1) is 9.54. The predicted molar refractivity (Wildman–Crippen MR) is 64.4 cm³/mol. The minimum atomic E-state index is 0.837. The molecule has 0 aliphatic carbocycles. The Balaban J connectivity index is 2.00. The Labute approximate surface area is 97.9 Å². The molecule has 1 aromatic heterocycles. The van der Waals surface area contributed by atoms with Gasteiger partial charge in [0, 0.05) is 16.7 Å². The second-order valence-corrected chi connectivity index (χ2v) is 4.50. The van der Waals surface area contributed by atoms with Gasteiger partial charge < -0.3 is 0 Å². The maximum absolute atomic E-state index is 4.25. The van der Waals surface area contributed by atoms with E-state index < -0.39 is 0 Å². The van der Waals surface area contributed by atoms with E-state index in [0.29, 0.717) is 0 Å². The van der Waals surface area contributed by atoms with Gasteiger partial charge in [0.1, 0.15) is 5.70 Å². The van der Waals surface area contributed by atoms with E-state index in [0.717, 1.165) is 17.3 Å². The Kier molecular flexibility index (Phi) is 2.42. The fourth-order valence-corrected chi connectivity index (χ4v) is 2.44. The predicted octanol–water partition coefficient (Wildman–Crippen LogP) is 2.75. The molecule has 0 amide bonds. The van der Waals surface area contributed by atoms with Crippen LogP contribution in [0.15, 0.2) is 69.7 Å². The smallest absolute Gasteiger partial charge is 0.201 e. The van der Waals surface area contributed by atoms with Gasteiger partial charge in [-0.2, -0.15) is 0 Å². The molecule has 3 rings (SSSR count). The van der Waals surface area contributed by atoms with Gasteiger partial charge in [0.05, 0.1) is 17.5 Å². The number of fused-ring (bicyclic) bond motifs is 1. The van der Waals surface area contributed by atoms with Gasteiger partial charge in [-0.05, 0) is 29.4 Å². The number of hydrogen-bond donors (Lipinski definition) is 0. The second-order valence-electron chi connectivity index (χ2n) is 3.44. The molecule has 78 valence electrons. The van der Waals surface area contributed by atoms with Gasteiger partial charge in [-0.15, -0.1) is 11.8 Å². The number of azo groups is 1. The molecule has 0 saturated heterocycles. The summed E-state index contributed by atoms with van der Waals surface area (Å²) in [5.74, 6) is 1.84. The molecule has 0 radical (unpaired) electrons. The Morgan fingerprint density at radius 3 is 2.81 bits per heavy atom. The van der Waals surface area contributed by atoms with Crippen LogP contribution in [-0.2, 0) is 0 Å². The highest BCUT2D eigenvalue weighted by atomic mass is 32.2. The molecule has 0 saturated carbocycles. The maximum Gasteiger partial charge on any atom is 0.355 e. The zero-order valence-corrected chi connectivity index (χ0v) is 9.39. The highest BCUT2D eigenvalue weighted by Gasteiger charge is 2.18. The summed E-state index contributed by atoms with van der Waals surface area (Å²) in [4.78, 5) is 1.20. The highest BCUT2D eigenvalue weighted by Crippen LogP contribution is 2.33. The van der Waals surface area contributed by atoms with Crippen molar-refractivity contribution in [3.8, 4) is 0 Å². The first-order valence-corrected chi connectivity index (χ1v) is 6.06. The van der Waals surface area contributed by atoms with Crippen LogP contribution in [0.3, 0.4) is 0 Å². The minimum absolute atomic E-state index is 0.837. The molecule has 0 fully saturated rings. The third-order valence-electron chi connectivity index (χ3n) is 2.39. The van der Waals surface area contributed by atoms with E-state index >= 15 is 0 Å². The highest BCUT2D eigenvalue weighted by molar-refractivity contribution is 8.03. The molecule has 0 N–H and O–H groups in total. The van der Waals surface area contributed by atoms with Gasteiger partial charge >= 0.3 is 5.82 Å². The van der Waals surface area contributed by atoms with E-state index in [9.17, 15) is 0 Å². The monoisotopic (exact) mass is 228 g/mol. The average molecular weight is 228 g/mol. The number of aromatic nitrogens is 1. The van der Waals surface area contributed by atoms with Crippen LogP contribution in [0.25, 0.3) is 5.82 Å². The first-order valence-electron chi connectivity index (χ1n) is 5.07. The standard InChI is InChI=1S/C12H10N3S/c1-2-7-15(8-3-1)12-5-4-11-10(13-14-12)6-9-16-11/h1-8H,9H2/q+1. The molecule has 2 aliphatic rings. The molecule has 0 bridgehead atoms. The van der Waals surface area contributed by atoms with Gasteiger partial charge in [0.15, 0.2) is 0 Å². The van der Waals surface area contributed by atoms with E-state index in [1.807, 2.05) is 41.2 Å². The number of allylic oxidation sites excluding steroid dienone is 2. The molecule has 0 unspecified atom stereocenters. The molecule has 0 atom stereocenters. The number of hydrogen-bond acceptors (Lipinski definition) is 3. The minimum Gasteiger partial charge on any atom is -0.201 e. The van der Waals surface area contributed by atoms with Crippen LogP contribution in [0.4, 0.5) is 0 Å². The van der Waals surface area contributed by atoms with Crippen LogP contribution < -0.4 is 4.57 Å². The summed E-state index contributed by atoms with van der Waals surface area (Å²) in [7, 11) is 0. The van der Waals surface area contributed by atoms with Crippen LogP contribution in [0, 0.1) is 0 Å². The normalized spacial score (nSPS) is 18.4. The van der Waals surface area contributed by atoms with E-state index in [4.69, 9.17) is 0 Å². The molecule has 16 heavy (non-hydrogen) atoms. The number of pyridine rings is 1. The van der Waals surface area contributed by atoms with E-state index in [1.165, 1.54) is 4.91 Å². The molecule has 1 aromatic rings. The molecular formula is C12H10N3S+. The molecule has 4 heteroatoms. The van der Waals surface area contributed by atoms with Crippen LogP contribution in [0.2, 0.25) is 0 Å². The number of rotatable bonds is 1. The lowest BCUT2D eigenvalue weighted by Crippen LogP contribution is -2.29. The summed E-state index contributed by atoms with van der Waals surface area (Å²) in [5.41, 5.74) is 0.993. The van der Waals surface area contributed by atoms with Crippen molar-refractivity contribution in [1.29, 1.82) is 0 Å². The second kappa shape index (κ2) is 4.06. The number of thioether (sulfide) groups is 1. The van der Waals surface area contributed by atoms with Gasteiger partial charge in [-0.25, -0.2) is 4.57 Å². The van der Waals surface area contributed by atoms with Crippen molar-refractivity contribution in [2.45, 2.75) is 0 Å². The lowest BCUT2D eigenvalue weighted by Gasteiger charge is -1.91. The Morgan fingerprint density at radius 2 is 1.94 bits per heavy atom. The van der Waals surface area contributed by atoms with Crippen molar-refractivity contribution >= 4 is 17.6 Å². The fraction of sp³-hybridized carbons (Fsp3) is 0.0833. The molecule has 0 spiro atoms. The van der Waals surface area contributed by atoms with Gasteiger partial charge in [-0.1, -0.05) is 6.07 Å². The summed E-state index contributed by atoms with van der Waals surface area (Å²) >= 11 is 1.80. The third kappa shape index (κ3) is 1.72. The molecule has 2 aliphatic heterocycles. The van der Waals surface area contributed by atoms with Gasteiger partial charge in [-0.3, -0.25) is 0 Å². The van der Waals surface area contributed by atoms with Gasteiger partial charge in [0.2, 0.25) is 0 Å². The Morgan fingerprint density at radius 1 is 1.06 bits per heavy atom. The summed E-state index contributed by atoms with van der Waals surface area (Å²) in [6.45, 7) is 0. The Bertz CT molecular complexity index is 526. The lowest BCUT2D eigenvalue weighted by molar-refractivity contribution is -0.582. The molecular weight excluding hydrogens is 218 g/mol. The topological polar surface area (TPSA) is 28.6 Å². The first-order chi connectivity index (χ1) is 7.93. The molecule has 0 aromatic carbocycles. The fourth-order valence-electron chi connectivity index (χ4n) is 1.59. The van der Waals surface area contributed by atoms with Crippen LogP contribution in [0.5, 0.6) is 0 Å². The van der Waals surface area contributed by atoms with Crippen molar-refractivity contribution in [2.75, 3.05) is 5.75 Å². The average Bonchev–Trinajstić information content (AvgIpc) is 2.70. The van der Waals surface area contributed by atoms with Crippen LogP contribution in [-0.4, -0.2) is 5.75 Å². The summed E-state index contributed by atoms with van der Waals surface area (Å²) in [6, 6.07) is 5.93. The van der Waals surface area contributed by atoms with Crippen molar-refractivity contribution in [2.24, 2.45) is 10.2 Å². The SMILES string of the molecule is C1=C2N=NC([n+]3ccccc3)=CC=C2SC1. The molecule has 3 nitrogen and oxygen atoms in total. The summed E-state index contributed by atoms with van der Waals surface area (Å²) in [6.07, 6.45) is 10.1. The maximum atomic E-state index is 4.25. The lowest BCUT2D eigenvalue weighted by atomic mass is 10.3. The van der Waals surface area contributed by atoms with Crippen molar-refractivity contribution in [1.82, 2.24) is 0 Å². The van der Waals surface area contributed by atoms with Crippen molar-refractivity contribution in [3.63, 3.8) is 0 Å². The van der Waals surface area contributed by atoms with Crippen molar-refractivity contribution in [3.05, 3.63) is 59.4 Å². The molecule has 3 heterocycles. The van der Waals surface area contributed by atoms with Crippen molar-refractivity contribution < 1.29 is 4.57 Å². The van der Waals surface area contributed by atoms with Crippen LogP contribution >= 0.6 is 11.8 Å².